The molecule has 8 nitrogen and oxygen atoms in total. The second-order valence-electron chi connectivity index (χ2n) is 7.23. The number of anilines is 1. The smallest absolute Gasteiger partial charge is 0.339 e. The molecule has 0 saturated carbocycles. The molecule has 0 bridgehead atoms. The number of aryl methyl sites for hydroxylation is 1. The van der Waals surface area contributed by atoms with Crippen LogP contribution in [0.2, 0.25) is 0 Å². The average Bonchev–Trinajstić information content (AvgIpc) is 3.28. The Kier molecular flexibility index (Phi) is 6.92. The number of carbonyl (C=O) groups is 2. The van der Waals surface area contributed by atoms with Gasteiger partial charge in [-0.1, -0.05) is 35.5 Å². The molecule has 0 saturated heterocycles. The normalized spacial score (nSPS) is 11.5. The number of carbonyl (C=O) groups excluding carboxylic acids is 2. The predicted octanol–water partition coefficient (Wildman–Crippen LogP) is 4.63. The van der Waals surface area contributed by atoms with Crippen LogP contribution in [-0.4, -0.2) is 22.0 Å². The van der Waals surface area contributed by atoms with Crippen molar-refractivity contribution in [2.24, 2.45) is 0 Å². The van der Waals surface area contributed by atoms with Crippen LogP contribution >= 0.6 is 0 Å². The van der Waals surface area contributed by atoms with Crippen LogP contribution in [0.3, 0.4) is 0 Å². The molecule has 9 heteroatoms. The molecule has 0 radical (unpaired) electrons. The van der Waals surface area contributed by atoms with Gasteiger partial charge in [0.25, 0.3) is 5.91 Å². The minimum Gasteiger partial charge on any atom is -0.485 e. The van der Waals surface area contributed by atoms with Crippen molar-refractivity contribution in [1.82, 2.24) is 10.1 Å². The summed E-state index contributed by atoms with van der Waals surface area (Å²) < 4.78 is 29.2. The lowest BCUT2D eigenvalue weighted by Gasteiger charge is -2.18. The second-order valence-corrected chi connectivity index (χ2v) is 7.23. The molecule has 34 heavy (non-hydrogen) atoms. The Morgan fingerprint density at radius 2 is 1.71 bits per heavy atom. The zero-order valence-electron chi connectivity index (χ0n) is 18.1. The lowest BCUT2D eigenvalue weighted by Crippen LogP contribution is -2.26. The van der Waals surface area contributed by atoms with Gasteiger partial charge < -0.3 is 19.3 Å². The SMILES string of the molecule is Cc1nc(COc2ccc(C(=O)OC(C(=O)Nc3ccc(F)cc3)c3ccccc3)cc2)no1. The van der Waals surface area contributed by atoms with Crippen molar-refractivity contribution in [2.45, 2.75) is 19.6 Å². The van der Waals surface area contributed by atoms with Crippen molar-refractivity contribution in [3.05, 3.63) is 108 Å². The number of aromatic nitrogens is 2. The monoisotopic (exact) mass is 461 g/mol. The summed E-state index contributed by atoms with van der Waals surface area (Å²) in [5.74, 6) is -0.353. The first kappa shape index (κ1) is 22.7. The molecule has 1 aromatic heterocycles. The zero-order valence-corrected chi connectivity index (χ0v) is 18.1. The second kappa shape index (κ2) is 10.4. The third-order valence-corrected chi connectivity index (χ3v) is 4.70. The third-order valence-electron chi connectivity index (χ3n) is 4.70. The molecule has 0 aliphatic heterocycles. The predicted molar refractivity (Wildman–Crippen MR) is 119 cm³/mol. The van der Waals surface area contributed by atoms with Gasteiger partial charge in [-0.05, 0) is 48.5 Å². The molecule has 4 rings (SSSR count). The molecule has 0 spiro atoms. The van der Waals surface area contributed by atoms with Gasteiger partial charge in [0.1, 0.15) is 11.6 Å². The summed E-state index contributed by atoms with van der Waals surface area (Å²) in [7, 11) is 0. The van der Waals surface area contributed by atoms with Crippen molar-refractivity contribution in [3.63, 3.8) is 0 Å². The van der Waals surface area contributed by atoms with Gasteiger partial charge in [-0.25, -0.2) is 9.18 Å². The third kappa shape index (κ3) is 5.83. The summed E-state index contributed by atoms with van der Waals surface area (Å²) in [6.07, 6.45) is -1.21. The minimum absolute atomic E-state index is 0.112. The number of rotatable bonds is 8. The van der Waals surface area contributed by atoms with E-state index in [-0.39, 0.29) is 12.2 Å². The molecular formula is C25H20FN3O5. The number of ether oxygens (including phenoxy) is 2. The number of esters is 1. The summed E-state index contributed by atoms with van der Waals surface area (Å²) in [6.45, 7) is 1.79. The van der Waals surface area contributed by atoms with Crippen molar-refractivity contribution >= 4 is 17.6 Å². The van der Waals surface area contributed by atoms with E-state index < -0.39 is 23.8 Å². The highest BCUT2D eigenvalue weighted by Gasteiger charge is 2.26. The van der Waals surface area contributed by atoms with E-state index in [9.17, 15) is 14.0 Å². The summed E-state index contributed by atoms with van der Waals surface area (Å²) in [6, 6.07) is 20.2. The van der Waals surface area contributed by atoms with E-state index in [4.69, 9.17) is 14.0 Å². The van der Waals surface area contributed by atoms with Gasteiger partial charge in [0.15, 0.2) is 6.61 Å². The number of hydrogen-bond donors (Lipinski definition) is 1. The van der Waals surface area contributed by atoms with E-state index in [1.807, 2.05) is 0 Å². The van der Waals surface area contributed by atoms with Gasteiger partial charge in [0.05, 0.1) is 5.56 Å². The number of hydrogen-bond acceptors (Lipinski definition) is 7. The van der Waals surface area contributed by atoms with Crippen LogP contribution in [0.1, 0.15) is 33.7 Å². The van der Waals surface area contributed by atoms with Crippen molar-refractivity contribution in [3.8, 4) is 5.75 Å². The van der Waals surface area contributed by atoms with Gasteiger partial charge in [-0.15, -0.1) is 0 Å². The molecule has 1 atom stereocenters. The molecule has 0 fully saturated rings. The van der Waals surface area contributed by atoms with Crippen molar-refractivity contribution in [2.75, 3.05) is 5.32 Å². The largest absolute Gasteiger partial charge is 0.485 e. The fourth-order valence-electron chi connectivity index (χ4n) is 3.05. The summed E-state index contributed by atoms with van der Waals surface area (Å²) in [5, 5.41) is 6.39. The molecule has 1 amide bonds. The Morgan fingerprint density at radius 1 is 1.00 bits per heavy atom. The van der Waals surface area contributed by atoms with Crippen molar-refractivity contribution < 1.29 is 28.0 Å². The number of benzene rings is 3. The molecule has 3 aromatic carbocycles. The molecule has 0 aliphatic carbocycles. The van der Waals surface area contributed by atoms with E-state index >= 15 is 0 Å². The number of halogens is 1. The first-order chi connectivity index (χ1) is 16.5. The minimum atomic E-state index is -1.21. The molecule has 1 N–H and O–H groups in total. The van der Waals surface area contributed by atoms with Crippen LogP contribution in [0.4, 0.5) is 10.1 Å². The maximum Gasteiger partial charge on any atom is 0.339 e. The van der Waals surface area contributed by atoms with Gasteiger partial charge >= 0.3 is 5.97 Å². The summed E-state index contributed by atoms with van der Waals surface area (Å²) in [5.41, 5.74) is 1.10. The van der Waals surface area contributed by atoms with Crippen LogP contribution in [0.25, 0.3) is 0 Å². The van der Waals surface area contributed by atoms with Gasteiger partial charge in [-0.2, -0.15) is 4.98 Å². The van der Waals surface area contributed by atoms with E-state index in [0.717, 1.165) is 0 Å². The Labute approximate surface area is 194 Å². The maximum absolute atomic E-state index is 13.2. The standard InChI is InChI=1S/C25H20FN3O5/c1-16-27-22(29-34-16)15-32-21-13-7-18(8-14-21)25(31)33-23(17-5-3-2-4-6-17)24(30)28-20-11-9-19(26)10-12-20/h2-14,23H,15H2,1H3,(H,28,30). The lowest BCUT2D eigenvalue weighted by atomic mass is 10.1. The molecule has 1 heterocycles. The molecular weight excluding hydrogens is 441 g/mol. The number of amides is 1. The summed E-state index contributed by atoms with van der Waals surface area (Å²) in [4.78, 5) is 29.8. The van der Waals surface area contributed by atoms with Crippen LogP contribution in [-0.2, 0) is 16.1 Å². The maximum atomic E-state index is 13.2. The highest BCUT2D eigenvalue weighted by molar-refractivity contribution is 5.98. The summed E-state index contributed by atoms with van der Waals surface area (Å²) >= 11 is 0. The first-order valence-electron chi connectivity index (χ1n) is 10.3. The highest BCUT2D eigenvalue weighted by atomic mass is 19.1. The van der Waals surface area contributed by atoms with Gasteiger partial charge in [-0.3, -0.25) is 4.79 Å². The fourth-order valence-corrected chi connectivity index (χ4v) is 3.05. The molecule has 1 unspecified atom stereocenters. The first-order valence-corrected chi connectivity index (χ1v) is 10.3. The van der Waals surface area contributed by atoms with Gasteiger partial charge in [0, 0.05) is 18.2 Å². The number of nitrogens with one attached hydrogen (secondary N) is 1. The van der Waals surface area contributed by atoms with Crippen LogP contribution in [0.15, 0.2) is 83.4 Å². The van der Waals surface area contributed by atoms with E-state index in [2.05, 4.69) is 15.5 Å². The van der Waals surface area contributed by atoms with E-state index in [1.54, 1.807) is 49.4 Å². The average molecular weight is 461 g/mol. The van der Waals surface area contributed by atoms with Crippen LogP contribution in [0.5, 0.6) is 5.75 Å². The quantitative estimate of drug-likeness (QED) is 0.382. The van der Waals surface area contributed by atoms with E-state index in [1.165, 1.54) is 36.4 Å². The molecule has 0 aliphatic rings. The topological polar surface area (TPSA) is 104 Å². The fraction of sp³-hybridized carbons (Fsp3) is 0.120. The van der Waals surface area contributed by atoms with E-state index in [0.29, 0.717) is 28.7 Å². The van der Waals surface area contributed by atoms with Crippen molar-refractivity contribution in [1.29, 1.82) is 0 Å². The Bertz CT molecular complexity index is 1260. The van der Waals surface area contributed by atoms with Crippen LogP contribution < -0.4 is 10.1 Å². The highest BCUT2D eigenvalue weighted by Crippen LogP contribution is 2.23. The molecule has 172 valence electrons. The number of nitrogens with zero attached hydrogens (tertiary/aromatic N) is 2. The van der Waals surface area contributed by atoms with Gasteiger partial charge in [0.2, 0.25) is 17.8 Å². The Morgan fingerprint density at radius 3 is 2.35 bits per heavy atom. The molecule has 4 aromatic rings. The Balaban J connectivity index is 1.44. The lowest BCUT2D eigenvalue weighted by molar-refractivity contribution is -0.125. The Hall–Kier alpha value is -4.53. The van der Waals surface area contributed by atoms with Crippen LogP contribution in [0, 0.1) is 12.7 Å². The zero-order chi connectivity index (χ0) is 23.9.